The highest BCUT2D eigenvalue weighted by Gasteiger charge is 2.18. The van der Waals surface area contributed by atoms with Crippen LogP contribution in [-0.2, 0) is 6.54 Å². The summed E-state index contributed by atoms with van der Waals surface area (Å²) in [5, 5.41) is 8.89. The van der Waals surface area contributed by atoms with Crippen molar-refractivity contribution in [2.75, 3.05) is 19.6 Å². The lowest BCUT2D eigenvalue weighted by Crippen LogP contribution is -2.35. The van der Waals surface area contributed by atoms with Crippen molar-refractivity contribution in [2.24, 2.45) is 11.7 Å². The van der Waals surface area contributed by atoms with Crippen molar-refractivity contribution < 1.29 is 0 Å². The van der Waals surface area contributed by atoms with Gasteiger partial charge in [0.25, 0.3) is 0 Å². The Morgan fingerprint density at radius 3 is 2.60 bits per heavy atom. The SMILES string of the molecule is NCC1CCN(Cc2cnn(-c3ccccc3)n2)CC1. The molecule has 106 valence electrons. The first kappa shape index (κ1) is 13.3. The fraction of sp³-hybridized carbons (Fsp3) is 0.467. The van der Waals surface area contributed by atoms with Crippen LogP contribution in [0.4, 0.5) is 0 Å². The van der Waals surface area contributed by atoms with Crippen molar-refractivity contribution in [2.45, 2.75) is 19.4 Å². The maximum Gasteiger partial charge on any atom is 0.0971 e. The molecule has 0 saturated carbocycles. The summed E-state index contributed by atoms with van der Waals surface area (Å²) in [6, 6.07) is 10.0. The second-order valence-corrected chi connectivity index (χ2v) is 5.42. The van der Waals surface area contributed by atoms with Crippen LogP contribution in [0.2, 0.25) is 0 Å². The second kappa shape index (κ2) is 6.15. The third-order valence-corrected chi connectivity index (χ3v) is 3.95. The lowest BCUT2D eigenvalue weighted by molar-refractivity contribution is 0.178. The molecular formula is C15H21N5. The van der Waals surface area contributed by atoms with Gasteiger partial charge in [-0.15, -0.1) is 0 Å². The van der Waals surface area contributed by atoms with Crippen molar-refractivity contribution in [3.8, 4) is 5.69 Å². The van der Waals surface area contributed by atoms with Gasteiger partial charge in [-0.05, 0) is 50.5 Å². The van der Waals surface area contributed by atoms with Crippen LogP contribution < -0.4 is 5.73 Å². The number of hydrogen-bond acceptors (Lipinski definition) is 4. The van der Waals surface area contributed by atoms with Crippen molar-refractivity contribution in [3.63, 3.8) is 0 Å². The molecule has 1 fully saturated rings. The first-order valence-electron chi connectivity index (χ1n) is 7.24. The monoisotopic (exact) mass is 271 g/mol. The molecule has 0 aliphatic carbocycles. The molecule has 0 atom stereocenters. The van der Waals surface area contributed by atoms with Crippen LogP contribution in [0.1, 0.15) is 18.5 Å². The Morgan fingerprint density at radius 2 is 1.90 bits per heavy atom. The summed E-state index contributed by atoms with van der Waals surface area (Å²) in [5.41, 5.74) is 7.75. The van der Waals surface area contributed by atoms with E-state index in [0.29, 0.717) is 5.92 Å². The Balaban J connectivity index is 1.61. The van der Waals surface area contributed by atoms with Crippen molar-refractivity contribution >= 4 is 0 Å². The summed E-state index contributed by atoms with van der Waals surface area (Å²) in [5.74, 6) is 0.700. The fourth-order valence-corrected chi connectivity index (χ4v) is 2.66. The number of rotatable bonds is 4. The standard InChI is InChI=1S/C15H21N5/c16-10-13-6-8-19(9-7-13)12-14-11-17-20(18-14)15-4-2-1-3-5-15/h1-5,11,13H,6-10,12,16H2. The molecule has 1 saturated heterocycles. The van der Waals surface area contributed by atoms with Gasteiger partial charge in [0.1, 0.15) is 0 Å². The average Bonchev–Trinajstić information content (AvgIpc) is 2.97. The van der Waals surface area contributed by atoms with Gasteiger partial charge >= 0.3 is 0 Å². The Kier molecular flexibility index (Phi) is 4.08. The van der Waals surface area contributed by atoms with E-state index in [1.54, 1.807) is 4.80 Å². The van der Waals surface area contributed by atoms with E-state index in [-0.39, 0.29) is 0 Å². The molecule has 0 radical (unpaired) electrons. The lowest BCUT2D eigenvalue weighted by Gasteiger charge is -2.30. The number of hydrogen-bond donors (Lipinski definition) is 1. The van der Waals surface area contributed by atoms with E-state index in [2.05, 4.69) is 15.1 Å². The van der Waals surface area contributed by atoms with Gasteiger partial charge in [-0.1, -0.05) is 18.2 Å². The van der Waals surface area contributed by atoms with Crippen LogP contribution in [0, 0.1) is 5.92 Å². The highest BCUT2D eigenvalue weighted by molar-refractivity contribution is 5.28. The van der Waals surface area contributed by atoms with E-state index < -0.39 is 0 Å². The van der Waals surface area contributed by atoms with Gasteiger partial charge in [0.2, 0.25) is 0 Å². The summed E-state index contributed by atoms with van der Waals surface area (Å²) < 4.78 is 0. The van der Waals surface area contributed by atoms with E-state index in [0.717, 1.165) is 37.6 Å². The van der Waals surface area contributed by atoms with E-state index in [1.807, 2.05) is 36.5 Å². The van der Waals surface area contributed by atoms with Gasteiger partial charge in [-0.25, -0.2) is 0 Å². The minimum absolute atomic E-state index is 0.700. The summed E-state index contributed by atoms with van der Waals surface area (Å²) >= 11 is 0. The number of benzene rings is 1. The zero-order valence-corrected chi connectivity index (χ0v) is 11.7. The molecule has 5 nitrogen and oxygen atoms in total. The fourth-order valence-electron chi connectivity index (χ4n) is 2.66. The molecule has 2 heterocycles. The zero-order chi connectivity index (χ0) is 13.8. The highest BCUT2D eigenvalue weighted by atomic mass is 15.5. The molecule has 20 heavy (non-hydrogen) atoms. The average molecular weight is 271 g/mol. The normalized spacial score (nSPS) is 17.4. The molecular weight excluding hydrogens is 250 g/mol. The van der Waals surface area contributed by atoms with Gasteiger partial charge in [-0.3, -0.25) is 4.90 Å². The number of aromatic nitrogens is 3. The quantitative estimate of drug-likeness (QED) is 0.914. The molecule has 0 bridgehead atoms. The largest absolute Gasteiger partial charge is 0.330 e. The summed E-state index contributed by atoms with van der Waals surface area (Å²) in [6.45, 7) is 3.92. The lowest BCUT2D eigenvalue weighted by atomic mass is 9.97. The van der Waals surface area contributed by atoms with Crippen LogP contribution >= 0.6 is 0 Å². The summed E-state index contributed by atoms with van der Waals surface area (Å²) in [6.07, 6.45) is 4.26. The molecule has 1 aliphatic heterocycles. The molecule has 3 rings (SSSR count). The van der Waals surface area contributed by atoms with Crippen LogP contribution in [0.15, 0.2) is 36.5 Å². The smallest absolute Gasteiger partial charge is 0.0971 e. The van der Waals surface area contributed by atoms with Gasteiger partial charge in [0, 0.05) is 6.54 Å². The van der Waals surface area contributed by atoms with Crippen LogP contribution in [-0.4, -0.2) is 39.5 Å². The first-order valence-corrected chi connectivity index (χ1v) is 7.24. The van der Waals surface area contributed by atoms with Crippen molar-refractivity contribution in [1.82, 2.24) is 19.9 Å². The van der Waals surface area contributed by atoms with Gasteiger partial charge in [0.15, 0.2) is 0 Å². The minimum atomic E-state index is 0.700. The Hall–Kier alpha value is -1.72. The van der Waals surface area contributed by atoms with Crippen LogP contribution in [0.5, 0.6) is 0 Å². The zero-order valence-electron chi connectivity index (χ0n) is 11.7. The molecule has 2 aromatic rings. The predicted molar refractivity (Wildman–Crippen MR) is 78.4 cm³/mol. The Labute approximate surface area is 119 Å². The van der Waals surface area contributed by atoms with E-state index in [9.17, 15) is 0 Å². The molecule has 2 N–H and O–H groups in total. The molecule has 1 aliphatic rings. The molecule has 5 heteroatoms. The second-order valence-electron chi connectivity index (χ2n) is 5.42. The molecule has 0 amide bonds. The van der Waals surface area contributed by atoms with Crippen LogP contribution in [0.3, 0.4) is 0 Å². The van der Waals surface area contributed by atoms with E-state index >= 15 is 0 Å². The molecule has 1 aromatic carbocycles. The Bertz CT molecular complexity index is 528. The minimum Gasteiger partial charge on any atom is -0.330 e. The van der Waals surface area contributed by atoms with Gasteiger partial charge in [-0.2, -0.15) is 15.0 Å². The molecule has 0 unspecified atom stereocenters. The van der Waals surface area contributed by atoms with E-state index in [1.165, 1.54) is 12.8 Å². The highest BCUT2D eigenvalue weighted by Crippen LogP contribution is 2.17. The predicted octanol–water partition coefficient (Wildman–Crippen LogP) is 1.44. The van der Waals surface area contributed by atoms with Crippen LogP contribution in [0.25, 0.3) is 5.69 Å². The number of nitrogens with two attached hydrogens (primary N) is 1. The molecule has 0 spiro atoms. The third kappa shape index (κ3) is 3.05. The number of likely N-dealkylation sites (tertiary alicyclic amines) is 1. The van der Waals surface area contributed by atoms with Crippen molar-refractivity contribution in [3.05, 3.63) is 42.2 Å². The number of piperidine rings is 1. The maximum atomic E-state index is 5.72. The first-order chi connectivity index (χ1) is 9.85. The van der Waals surface area contributed by atoms with Crippen molar-refractivity contribution in [1.29, 1.82) is 0 Å². The third-order valence-electron chi connectivity index (χ3n) is 3.95. The van der Waals surface area contributed by atoms with Gasteiger partial charge < -0.3 is 5.73 Å². The van der Waals surface area contributed by atoms with E-state index in [4.69, 9.17) is 5.73 Å². The number of nitrogens with zero attached hydrogens (tertiary/aromatic N) is 4. The molecule has 1 aromatic heterocycles. The maximum absolute atomic E-state index is 5.72. The summed E-state index contributed by atoms with van der Waals surface area (Å²) in [7, 11) is 0. The topological polar surface area (TPSA) is 60.0 Å². The van der Waals surface area contributed by atoms with Gasteiger partial charge in [0.05, 0.1) is 17.6 Å². The summed E-state index contributed by atoms with van der Waals surface area (Å²) in [4.78, 5) is 4.13. The number of para-hydroxylation sites is 1. The Morgan fingerprint density at radius 1 is 1.15 bits per heavy atom.